The van der Waals surface area contributed by atoms with Crippen LogP contribution < -0.4 is 11.1 Å². The minimum absolute atomic E-state index is 0.137. The van der Waals surface area contributed by atoms with Crippen LogP contribution >= 0.6 is 11.6 Å². The Morgan fingerprint density at radius 2 is 2.29 bits per heavy atom. The van der Waals surface area contributed by atoms with E-state index >= 15 is 0 Å². The molecule has 0 atom stereocenters. The maximum atomic E-state index is 13.3. The second-order valence-electron chi connectivity index (χ2n) is 3.42. The van der Waals surface area contributed by atoms with Gasteiger partial charge in [0.15, 0.2) is 0 Å². The number of alkyl halides is 2. The number of dihydropyridines is 1. The Balaban J connectivity index is 2.70. The molecule has 0 aromatic heterocycles. The van der Waals surface area contributed by atoms with Crippen LogP contribution in [-0.2, 0) is 0 Å². The number of rotatable bonds is 4. The Morgan fingerprint density at radius 1 is 1.65 bits per heavy atom. The molecule has 0 bridgehead atoms. The molecule has 4 N–H and O–H groups in total. The molecule has 0 fully saturated rings. The summed E-state index contributed by atoms with van der Waals surface area (Å²) < 4.78 is 37.5. The van der Waals surface area contributed by atoms with Crippen molar-refractivity contribution in [3.63, 3.8) is 0 Å². The first-order chi connectivity index (χ1) is 7.90. The van der Waals surface area contributed by atoms with E-state index in [4.69, 9.17) is 22.7 Å². The van der Waals surface area contributed by atoms with Crippen molar-refractivity contribution in [3.8, 4) is 0 Å². The molecule has 0 aromatic rings. The zero-order valence-electron chi connectivity index (χ0n) is 8.74. The van der Waals surface area contributed by atoms with Crippen LogP contribution in [0.5, 0.6) is 0 Å². The summed E-state index contributed by atoms with van der Waals surface area (Å²) in [5.74, 6) is -0.602. The topological polar surface area (TPSA) is 61.9 Å². The summed E-state index contributed by atoms with van der Waals surface area (Å²) in [5, 5.41) is 10.4. The number of nitrogens with two attached hydrogens (primary N) is 1. The summed E-state index contributed by atoms with van der Waals surface area (Å²) in [6.07, 6.45) is -1.00. The molecule has 0 unspecified atom stereocenters. The van der Waals surface area contributed by atoms with E-state index in [0.717, 1.165) is 12.2 Å². The number of hydrogen-bond donors (Lipinski definition) is 3. The molecule has 1 rings (SSSR count). The van der Waals surface area contributed by atoms with Gasteiger partial charge in [-0.05, 0) is 12.2 Å². The van der Waals surface area contributed by atoms with Gasteiger partial charge in [0.2, 0.25) is 0 Å². The van der Waals surface area contributed by atoms with Crippen LogP contribution in [0.15, 0.2) is 34.4 Å². The molecule has 94 valence electrons. The third-order valence-electron chi connectivity index (χ3n) is 2.00. The normalized spacial score (nSPS) is 17.0. The summed E-state index contributed by atoms with van der Waals surface area (Å²) in [5.41, 5.74) is 4.21. The van der Waals surface area contributed by atoms with Crippen LogP contribution in [0.3, 0.4) is 0 Å². The van der Waals surface area contributed by atoms with Gasteiger partial charge in [0.05, 0.1) is 17.9 Å². The van der Waals surface area contributed by atoms with E-state index in [9.17, 15) is 13.2 Å². The summed E-state index contributed by atoms with van der Waals surface area (Å²) in [6.45, 7) is 0.256. The van der Waals surface area contributed by atoms with Gasteiger partial charge in [-0.15, -0.1) is 0 Å². The lowest BCUT2D eigenvalue weighted by Crippen LogP contribution is -2.22. The third kappa shape index (κ3) is 4.14. The monoisotopic (exact) mass is 265 g/mol. The molecule has 3 nitrogen and oxygen atoms in total. The Labute approximate surface area is 101 Å². The van der Waals surface area contributed by atoms with Crippen molar-refractivity contribution in [2.45, 2.75) is 12.8 Å². The van der Waals surface area contributed by atoms with Crippen LogP contribution in [0.4, 0.5) is 13.2 Å². The van der Waals surface area contributed by atoms with E-state index < -0.39 is 17.9 Å². The van der Waals surface area contributed by atoms with Gasteiger partial charge >= 0.3 is 0 Å². The van der Waals surface area contributed by atoms with Gasteiger partial charge in [-0.25, -0.2) is 13.2 Å². The third-order valence-corrected chi connectivity index (χ3v) is 2.25. The minimum Gasteiger partial charge on any atom is -0.397 e. The molecule has 0 saturated heterocycles. The molecule has 1 aliphatic heterocycles. The van der Waals surface area contributed by atoms with Crippen molar-refractivity contribution >= 4 is 17.3 Å². The van der Waals surface area contributed by atoms with Gasteiger partial charge in [-0.3, -0.25) is 0 Å². The zero-order chi connectivity index (χ0) is 13.0. The van der Waals surface area contributed by atoms with E-state index in [1.165, 1.54) is 0 Å². The van der Waals surface area contributed by atoms with Crippen LogP contribution in [0.1, 0.15) is 6.42 Å². The first kappa shape index (κ1) is 13.6. The fraction of sp³-hybridized carbons (Fsp3) is 0.300. The molecule has 17 heavy (non-hydrogen) atoms. The number of nitrogens with one attached hydrogen (secondary N) is 2. The van der Waals surface area contributed by atoms with Gasteiger partial charge < -0.3 is 16.5 Å². The first-order valence-electron chi connectivity index (χ1n) is 4.71. The maximum absolute atomic E-state index is 13.3. The Morgan fingerprint density at radius 3 is 2.82 bits per heavy atom. The van der Waals surface area contributed by atoms with Gasteiger partial charge in [-0.2, -0.15) is 0 Å². The zero-order valence-corrected chi connectivity index (χ0v) is 9.49. The summed E-state index contributed by atoms with van der Waals surface area (Å²) in [7, 11) is 0. The van der Waals surface area contributed by atoms with Crippen molar-refractivity contribution in [3.05, 3.63) is 34.4 Å². The minimum atomic E-state index is -2.82. The van der Waals surface area contributed by atoms with Gasteiger partial charge in [0, 0.05) is 17.2 Å². The quantitative estimate of drug-likeness (QED) is 0.684. The van der Waals surface area contributed by atoms with Gasteiger partial charge in [0.25, 0.3) is 6.43 Å². The molecule has 0 amide bonds. The second kappa shape index (κ2) is 5.77. The van der Waals surface area contributed by atoms with Crippen LogP contribution in [-0.4, -0.2) is 18.7 Å². The average molecular weight is 266 g/mol. The fourth-order valence-electron chi connectivity index (χ4n) is 1.20. The molecule has 7 heteroatoms. The van der Waals surface area contributed by atoms with Gasteiger partial charge in [0.1, 0.15) is 5.83 Å². The van der Waals surface area contributed by atoms with E-state index in [1.807, 2.05) is 0 Å². The number of allylic oxidation sites excluding steroid dienone is 5. The molecular weight excluding hydrogens is 255 g/mol. The lowest BCUT2D eigenvalue weighted by Gasteiger charge is -2.15. The highest BCUT2D eigenvalue weighted by atomic mass is 35.5. The highest BCUT2D eigenvalue weighted by molar-refractivity contribution is 6.30. The van der Waals surface area contributed by atoms with E-state index in [2.05, 4.69) is 5.32 Å². The predicted octanol–water partition coefficient (Wildman–Crippen LogP) is 2.41. The molecule has 1 heterocycles. The van der Waals surface area contributed by atoms with E-state index in [1.54, 1.807) is 0 Å². The lowest BCUT2D eigenvalue weighted by molar-refractivity contribution is 0.188. The summed E-state index contributed by atoms with van der Waals surface area (Å²) in [4.78, 5) is 0. The van der Waals surface area contributed by atoms with Crippen molar-refractivity contribution in [2.24, 2.45) is 5.73 Å². The van der Waals surface area contributed by atoms with Crippen LogP contribution in [0, 0.1) is 5.41 Å². The lowest BCUT2D eigenvalue weighted by atomic mass is 10.1. The Kier molecular flexibility index (Phi) is 4.62. The molecule has 0 saturated carbocycles. The molecule has 0 spiro atoms. The van der Waals surface area contributed by atoms with Crippen molar-refractivity contribution in [1.82, 2.24) is 5.32 Å². The standard InChI is InChI=1S/C10H11ClF3N3/c11-5-1-7(12)9(17-4-5)3-6(15)2-8(16)10(13)14/h1-2,10,15,17H,3-4,16H2. The highest BCUT2D eigenvalue weighted by Gasteiger charge is 2.14. The van der Waals surface area contributed by atoms with E-state index in [-0.39, 0.29) is 24.4 Å². The van der Waals surface area contributed by atoms with Crippen molar-refractivity contribution in [2.75, 3.05) is 6.54 Å². The van der Waals surface area contributed by atoms with Gasteiger partial charge in [-0.1, -0.05) is 11.6 Å². The second-order valence-corrected chi connectivity index (χ2v) is 3.90. The smallest absolute Gasteiger partial charge is 0.277 e. The van der Waals surface area contributed by atoms with Crippen LogP contribution in [0.25, 0.3) is 0 Å². The largest absolute Gasteiger partial charge is 0.397 e. The van der Waals surface area contributed by atoms with Crippen LogP contribution in [0.2, 0.25) is 0 Å². The summed E-state index contributed by atoms with van der Waals surface area (Å²) in [6, 6.07) is 0. The van der Waals surface area contributed by atoms with E-state index in [0.29, 0.717) is 5.03 Å². The molecule has 1 aliphatic rings. The maximum Gasteiger partial charge on any atom is 0.277 e. The average Bonchev–Trinajstić information content (AvgIpc) is 2.22. The highest BCUT2D eigenvalue weighted by Crippen LogP contribution is 2.19. The Bertz CT molecular complexity index is 413. The molecule has 0 aliphatic carbocycles. The number of halogens is 4. The molecule has 0 aromatic carbocycles. The van der Waals surface area contributed by atoms with Crippen molar-refractivity contribution < 1.29 is 13.2 Å². The molecular formula is C10H11ClF3N3. The first-order valence-corrected chi connectivity index (χ1v) is 5.09. The fourth-order valence-corrected chi connectivity index (χ4v) is 1.37. The van der Waals surface area contributed by atoms with Crippen molar-refractivity contribution in [1.29, 1.82) is 5.41 Å². The summed E-state index contributed by atoms with van der Waals surface area (Å²) >= 11 is 5.58. The SMILES string of the molecule is N=C(C=C(N)C(F)F)CC1=C(F)C=C(Cl)CN1. The predicted molar refractivity (Wildman–Crippen MR) is 60.7 cm³/mol. The Hall–Kier alpha value is -1.43. The molecule has 0 radical (unpaired) electrons. The number of hydrogen-bond acceptors (Lipinski definition) is 3.